The summed E-state index contributed by atoms with van der Waals surface area (Å²) in [6.45, 7) is 4.67. The fourth-order valence-electron chi connectivity index (χ4n) is 1.09. The molecule has 94 valence electrons. The van der Waals surface area contributed by atoms with Crippen LogP contribution in [0.4, 0.5) is 5.82 Å². The number of pyridine rings is 1. The van der Waals surface area contributed by atoms with E-state index in [1.807, 2.05) is 6.26 Å². The van der Waals surface area contributed by atoms with Crippen molar-refractivity contribution in [2.24, 2.45) is 0 Å². The summed E-state index contributed by atoms with van der Waals surface area (Å²) in [5.41, 5.74) is 5.88. The summed E-state index contributed by atoms with van der Waals surface area (Å²) >= 11 is 7.58. The third-order valence-electron chi connectivity index (χ3n) is 2.35. The van der Waals surface area contributed by atoms with E-state index < -0.39 is 0 Å². The number of nitrogen functional groups attached to an aromatic ring is 1. The summed E-state index contributed by atoms with van der Waals surface area (Å²) in [5, 5.41) is 3.13. The molecule has 0 saturated heterocycles. The number of carbonyl (C=O) groups excluding carboxylic acids is 1. The van der Waals surface area contributed by atoms with Crippen LogP contribution in [0.3, 0.4) is 0 Å². The molecule has 4 nitrogen and oxygen atoms in total. The van der Waals surface area contributed by atoms with Crippen molar-refractivity contribution < 1.29 is 4.79 Å². The molecular formula is C11H16ClN3OS. The van der Waals surface area contributed by atoms with E-state index in [1.165, 1.54) is 12.3 Å². The van der Waals surface area contributed by atoms with Crippen molar-refractivity contribution in [3.05, 3.63) is 22.8 Å². The zero-order chi connectivity index (χ0) is 13.1. The average Bonchev–Trinajstić information content (AvgIpc) is 2.29. The van der Waals surface area contributed by atoms with E-state index in [2.05, 4.69) is 24.1 Å². The van der Waals surface area contributed by atoms with E-state index in [-0.39, 0.29) is 16.5 Å². The van der Waals surface area contributed by atoms with Gasteiger partial charge in [0.25, 0.3) is 5.91 Å². The minimum Gasteiger partial charge on any atom is -0.384 e. The number of halogens is 1. The van der Waals surface area contributed by atoms with E-state index in [0.717, 1.165) is 0 Å². The van der Waals surface area contributed by atoms with Gasteiger partial charge in [-0.25, -0.2) is 4.98 Å². The van der Waals surface area contributed by atoms with E-state index in [0.29, 0.717) is 17.1 Å². The molecule has 0 aliphatic heterocycles. The van der Waals surface area contributed by atoms with E-state index in [9.17, 15) is 4.79 Å². The average molecular weight is 274 g/mol. The van der Waals surface area contributed by atoms with Crippen LogP contribution in [-0.4, -0.2) is 28.4 Å². The Kier molecular flexibility index (Phi) is 4.65. The van der Waals surface area contributed by atoms with Gasteiger partial charge in [0.05, 0.1) is 10.6 Å². The Bertz CT molecular complexity index is 423. The molecule has 1 rings (SSSR count). The van der Waals surface area contributed by atoms with Crippen molar-refractivity contribution in [3.8, 4) is 0 Å². The molecule has 0 unspecified atom stereocenters. The highest BCUT2D eigenvalue weighted by Gasteiger charge is 2.18. The van der Waals surface area contributed by atoms with Crippen LogP contribution in [0.1, 0.15) is 24.2 Å². The number of nitrogens with one attached hydrogen (secondary N) is 1. The number of thioether (sulfide) groups is 1. The van der Waals surface area contributed by atoms with Gasteiger partial charge in [-0.1, -0.05) is 11.6 Å². The van der Waals surface area contributed by atoms with Gasteiger partial charge in [-0.2, -0.15) is 11.8 Å². The van der Waals surface area contributed by atoms with E-state index >= 15 is 0 Å². The summed E-state index contributed by atoms with van der Waals surface area (Å²) in [7, 11) is 0. The molecule has 1 aromatic rings. The van der Waals surface area contributed by atoms with Crippen LogP contribution in [0.25, 0.3) is 0 Å². The minimum atomic E-state index is -0.230. The number of nitrogens with zero attached hydrogens (tertiary/aromatic N) is 1. The summed E-state index contributed by atoms with van der Waals surface area (Å²) in [6, 6.07) is 1.48. The maximum absolute atomic E-state index is 11.9. The van der Waals surface area contributed by atoms with Crippen molar-refractivity contribution in [3.63, 3.8) is 0 Å². The van der Waals surface area contributed by atoms with Crippen LogP contribution in [0.15, 0.2) is 12.3 Å². The molecular weight excluding hydrogens is 258 g/mol. The zero-order valence-corrected chi connectivity index (χ0v) is 11.7. The van der Waals surface area contributed by atoms with Crippen molar-refractivity contribution in [1.29, 1.82) is 0 Å². The lowest BCUT2D eigenvalue weighted by molar-refractivity contribution is 0.0951. The number of anilines is 1. The van der Waals surface area contributed by atoms with Gasteiger partial charge in [-0.15, -0.1) is 0 Å². The maximum Gasteiger partial charge on any atom is 0.253 e. The standard InChI is InChI=1S/C11H16ClN3OS/c1-11(2,17-3)6-15-10(16)7-4-9(13)14-5-8(7)12/h4-5H,6H2,1-3H3,(H2,13,14)(H,15,16). The van der Waals surface area contributed by atoms with Crippen molar-refractivity contribution in [2.45, 2.75) is 18.6 Å². The van der Waals surface area contributed by atoms with Crippen LogP contribution >= 0.6 is 23.4 Å². The minimum absolute atomic E-state index is 0.0132. The van der Waals surface area contributed by atoms with Crippen LogP contribution in [0.2, 0.25) is 5.02 Å². The molecule has 17 heavy (non-hydrogen) atoms. The summed E-state index contributed by atoms with van der Waals surface area (Å²) in [6.07, 6.45) is 3.38. The summed E-state index contributed by atoms with van der Waals surface area (Å²) in [5.74, 6) is 0.0508. The Morgan fingerprint density at radius 2 is 2.29 bits per heavy atom. The normalized spacial score (nSPS) is 11.3. The van der Waals surface area contributed by atoms with Crippen LogP contribution < -0.4 is 11.1 Å². The molecule has 0 atom stereocenters. The van der Waals surface area contributed by atoms with Gasteiger partial charge in [0.1, 0.15) is 5.82 Å². The fourth-order valence-corrected chi connectivity index (χ4v) is 1.50. The van der Waals surface area contributed by atoms with E-state index in [4.69, 9.17) is 17.3 Å². The van der Waals surface area contributed by atoms with Crippen molar-refractivity contribution in [1.82, 2.24) is 10.3 Å². The Labute approximate surface area is 110 Å². The van der Waals surface area contributed by atoms with Crippen molar-refractivity contribution >= 4 is 35.1 Å². The van der Waals surface area contributed by atoms with Crippen LogP contribution in [0, 0.1) is 0 Å². The second-order valence-electron chi connectivity index (χ2n) is 4.24. The number of rotatable bonds is 4. The number of hydrogen-bond donors (Lipinski definition) is 2. The molecule has 0 bridgehead atoms. The fraction of sp³-hybridized carbons (Fsp3) is 0.455. The Morgan fingerprint density at radius 1 is 1.65 bits per heavy atom. The van der Waals surface area contributed by atoms with Gasteiger partial charge in [0, 0.05) is 17.5 Å². The zero-order valence-electron chi connectivity index (χ0n) is 10.1. The summed E-state index contributed by atoms with van der Waals surface area (Å²) < 4.78 is -0.0132. The second-order valence-corrected chi connectivity index (χ2v) is 6.16. The first-order chi connectivity index (χ1) is 7.85. The lowest BCUT2D eigenvalue weighted by Gasteiger charge is -2.22. The summed E-state index contributed by atoms with van der Waals surface area (Å²) in [4.78, 5) is 15.7. The molecule has 1 heterocycles. The predicted molar refractivity (Wildman–Crippen MR) is 73.6 cm³/mol. The van der Waals surface area contributed by atoms with E-state index in [1.54, 1.807) is 11.8 Å². The molecule has 0 spiro atoms. The topological polar surface area (TPSA) is 68.0 Å². The molecule has 0 radical (unpaired) electrons. The third-order valence-corrected chi connectivity index (χ3v) is 3.90. The molecule has 0 aromatic carbocycles. The molecule has 0 saturated carbocycles. The number of carbonyl (C=O) groups is 1. The third kappa shape index (κ3) is 4.09. The molecule has 1 aromatic heterocycles. The van der Waals surface area contributed by atoms with Crippen LogP contribution in [0.5, 0.6) is 0 Å². The molecule has 3 N–H and O–H groups in total. The first kappa shape index (κ1) is 14.1. The molecule has 1 amide bonds. The lowest BCUT2D eigenvalue weighted by Crippen LogP contribution is -2.36. The molecule has 6 heteroatoms. The lowest BCUT2D eigenvalue weighted by atomic mass is 10.2. The first-order valence-corrected chi connectivity index (χ1v) is 6.70. The predicted octanol–water partition coefficient (Wildman–Crippen LogP) is 2.19. The van der Waals surface area contributed by atoms with Gasteiger partial charge < -0.3 is 11.1 Å². The number of nitrogens with two attached hydrogens (primary N) is 1. The van der Waals surface area contributed by atoms with Gasteiger partial charge in [0.2, 0.25) is 0 Å². The van der Waals surface area contributed by atoms with Gasteiger partial charge in [-0.05, 0) is 26.2 Å². The first-order valence-electron chi connectivity index (χ1n) is 5.10. The Balaban J connectivity index is 2.74. The second kappa shape index (κ2) is 5.60. The smallest absolute Gasteiger partial charge is 0.253 e. The Morgan fingerprint density at radius 3 is 2.88 bits per heavy atom. The number of aromatic nitrogens is 1. The highest BCUT2D eigenvalue weighted by Crippen LogP contribution is 2.21. The molecule has 0 fully saturated rings. The number of hydrogen-bond acceptors (Lipinski definition) is 4. The molecule has 0 aliphatic rings. The maximum atomic E-state index is 11.9. The SMILES string of the molecule is CSC(C)(C)CNC(=O)c1cc(N)ncc1Cl. The van der Waals surface area contributed by atoms with Crippen LogP contribution in [-0.2, 0) is 0 Å². The highest BCUT2D eigenvalue weighted by atomic mass is 35.5. The Hall–Kier alpha value is -0.940. The largest absolute Gasteiger partial charge is 0.384 e. The highest BCUT2D eigenvalue weighted by molar-refractivity contribution is 7.99. The quantitative estimate of drug-likeness (QED) is 0.882. The monoisotopic (exact) mass is 273 g/mol. The number of amides is 1. The molecule has 0 aliphatic carbocycles. The van der Waals surface area contributed by atoms with Gasteiger partial charge in [0.15, 0.2) is 0 Å². The van der Waals surface area contributed by atoms with Crippen molar-refractivity contribution in [2.75, 3.05) is 18.5 Å². The van der Waals surface area contributed by atoms with Gasteiger partial charge in [-0.3, -0.25) is 4.79 Å². The van der Waals surface area contributed by atoms with Gasteiger partial charge >= 0.3 is 0 Å².